The fraction of sp³-hybridized carbons (Fsp3) is 0.529. The molecule has 0 aliphatic rings. The highest BCUT2D eigenvalue weighted by molar-refractivity contribution is 5.83. The van der Waals surface area contributed by atoms with E-state index in [-0.39, 0.29) is 30.3 Å². The number of aliphatic carboxylic acids is 1. The van der Waals surface area contributed by atoms with Gasteiger partial charge in [0.15, 0.2) is 18.1 Å². The minimum atomic E-state index is -4.46. The Balaban J connectivity index is 2.67. The zero-order chi connectivity index (χ0) is 19.9. The molecular formula is C17H22F3NO5. The van der Waals surface area contributed by atoms with Crippen molar-refractivity contribution in [1.29, 1.82) is 0 Å². The molecule has 1 aromatic rings. The molecule has 1 atom stereocenters. The number of rotatable bonds is 9. The van der Waals surface area contributed by atoms with E-state index >= 15 is 0 Å². The van der Waals surface area contributed by atoms with E-state index < -0.39 is 30.7 Å². The second-order valence-electron chi connectivity index (χ2n) is 6.02. The number of amides is 1. The van der Waals surface area contributed by atoms with Crippen LogP contribution in [0.15, 0.2) is 18.2 Å². The highest BCUT2D eigenvalue weighted by atomic mass is 19.4. The topological polar surface area (TPSA) is 84.9 Å². The van der Waals surface area contributed by atoms with Crippen molar-refractivity contribution in [2.75, 3.05) is 13.7 Å². The number of halogens is 3. The quantitative estimate of drug-likeness (QED) is 0.691. The van der Waals surface area contributed by atoms with Crippen LogP contribution in [0.25, 0.3) is 0 Å². The van der Waals surface area contributed by atoms with Gasteiger partial charge in [-0.3, -0.25) is 4.79 Å². The van der Waals surface area contributed by atoms with Crippen LogP contribution in [0.5, 0.6) is 11.5 Å². The van der Waals surface area contributed by atoms with E-state index in [4.69, 9.17) is 9.84 Å². The van der Waals surface area contributed by atoms with Crippen molar-refractivity contribution in [3.05, 3.63) is 23.8 Å². The van der Waals surface area contributed by atoms with Gasteiger partial charge < -0.3 is 19.9 Å². The first kappa shape index (κ1) is 21.6. The second kappa shape index (κ2) is 9.30. The van der Waals surface area contributed by atoms with Crippen LogP contribution in [0.4, 0.5) is 13.2 Å². The van der Waals surface area contributed by atoms with Gasteiger partial charge in [0, 0.05) is 6.42 Å². The van der Waals surface area contributed by atoms with Crippen LogP contribution in [-0.2, 0) is 16.0 Å². The van der Waals surface area contributed by atoms with Crippen LogP contribution in [0.1, 0.15) is 25.8 Å². The van der Waals surface area contributed by atoms with E-state index in [1.165, 1.54) is 25.3 Å². The SMILES string of the molecule is COc1cc(CCC(=O)NC(C(=O)O)C(C)C)ccc1OCC(F)(F)F. The Kier molecular flexibility index (Phi) is 7.73. The minimum Gasteiger partial charge on any atom is -0.493 e. The lowest BCUT2D eigenvalue weighted by Crippen LogP contribution is -2.44. The first-order valence-electron chi connectivity index (χ1n) is 7.92. The van der Waals surface area contributed by atoms with E-state index in [0.717, 1.165) is 0 Å². The van der Waals surface area contributed by atoms with Gasteiger partial charge >= 0.3 is 12.1 Å². The van der Waals surface area contributed by atoms with Crippen molar-refractivity contribution >= 4 is 11.9 Å². The Labute approximate surface area is 149 Å². The lowest BCUT2D eigenvalue weighted by Gasteiger charge is -2.18. The number of carbonyl (C=O) groups excluding carboxylic acids is 1. The van der Waals surface area contributed by atoms with Gasteiger partial charge in [-0.15, -0.1) is 0 Å². The number of hydrogen-bond donors (Lipinski definition) is 2. The highest BCUT2D eigenvalue weighted by Gasteiger charge is 2.29. The third-order valence-corrected chi connectivity index (χ3v) is 3.51. The molecule has 0 saturated heterocycles. The van der Waals surface area contributed by atoms with Crippen molar-refractivity contribution in [3.63, 3.8) is 0 Å². The largest absolute Gasteiger partial charge is 0.493 e. The number of carboxylic acid groups (broad SMARTS) is 1. The molecule has 146 valence electrons. The van der Waals surface area contributed by atoms with Gasteiger partial charge in [0.05, 0.1) is 7.11 Å². The van der Waals surface area contributed by atoms with Crippen molar-refractivity contribution in [2.24, 2.45) is 5.92 Å². The summed E-state index contributed by atoms with van der Waals surface area (Å²) < 4.78 is 46.4. The van der Waals surface area contributed by atoms with E-state index in [2.05, 4.69) is 10.1 Å². The summed E-state index contributed by atoms with van der Waals surface area (Å²) in [6.45, 7) is 1.93. The van der Waals surface area contributed by atoms with Crippen LogP contribution in [0, 0.1) is 5.92 Å². The first-order chi connectivity index (χ1) is 12.0. The summed E-state index contributed by atoms with van der Waals surface area (Å²) in [6.07, 6.45) is -4.16. The number of ether oxygens (including phenoxy) is 2. The van der Waals surface area contributed by atoms with Gasteiger partial charge in [0.2, 0.25) is 5.91 Å². The lowest BCUT2D eigenvalue weighted by atomic mass is 10.0. The number of methoxy groups -OCH3 is 1. The summed E-state index contributed by atoms with van der Waals surface area (Å²) in [5.74, 6) is -1.73. The minimum absolute atomic E-state index is 0.0302. The van der Waals surface area contributed by atoms with Crippen LogP contribution < -0.4 is 14.8 Å². The molecule has 0 spiro atoms. The van der Waals surface area contributed by atoms with E-state index in [1.54, 1.807) is 13.8 Å². The number of benzene rings is 1. The van der Waals surface area contributed by atoms with Gasteiger partial charge in [-0.25, -0.2) is 4.79 Å². The van der Waals surface area contributed by atoms with E-state index in [1.807, 2.05) is 0 Å². The summed E-state index contributed by atoms with van der Waals surface area (Å²) in [5, 5.41) is 11.5. The van der Waals surface area contributed by atoms with Crippen LogP contribution >= 0.6 is 0 Å². The van der Waals surface area contributed by atoms with E-state index in [0.29, 0.717) is 5.56 Å². The predicted octanol–water partition coefficient (Wildman–Crippen LogP) is 2.79. The number of carboxylic acids is 1. The Morgan fingerprint density at radius 1 is 1.23 bits per heavy atom. The monoisotopic (exact) mass is 377 g/mol. The predicted molar refractivity (Wildman–Crippen MR) is 87.3 cm³/mol. The molecule has 0 radical (unpaired) electrons. The lowest BCUT2D eigenvalue weighted by molar-refractivity contribution is -0.153. The molecule has 0 saturated carbocycles. The molecule has 1 rings (SSSR count). The molecule has 0 heterocycles. The molecule has 0 fully saturated rings. The number of carbonyl (C=O) groups is 2. The third-order valence-electron chi connectivity index (χ3n) is 3.51. The van der Waals surface area contributed by atoms with Crippen LogP contribution in [-0.4, -0.2) is 42.9 Å². The van der Waals surface area contributed by atoms with Crippen molar-refractivity contribution in [1.82, 2.24) is 5.32 Å². The molecular weight excluding hydrogens is 355 g/mol. The van der Waals surface area contributed by atoms with Gasteiger partial charge in [-0.05, 0) is 30.0 Å². The average molecular weight is 377 g/mol. The van der Waals surface area contributed by atoms with Crippen molar-refractivity contribution in [3.8, 4) is 11.5 Å². The van der Waals surface area contributed by atoms with Gasteiger partial charge in [0.1, 0.15) is 6.04 Å². The first-order valence-corrected chi connectivity index (χ1v) is 7.92. The standard InChI is InChI=1S/C17H22F3NO5/c1-10(2)15(16(23)24)21-14(22)7-5-11-4-6-12(13(8-11)25-3)26-9-17(18,19)20/h4,6,8,10,15H,5,7,9H2,1-3H3,(H,21,22)(H,23,24). The summed E-state index contributed by atoms with van der Waals surface area (Å²) in [4.78, 5) is 23.0. The maximum Gasteiger partial charge on any atom is 0.422 e. The molecule has 1 aromatic carbocycles. The van der Waals surface area contributed by atoms with Crippen molar-refractivity contribution < 1.29 is 37.3 Å². The maximum absolute atomic E-state index is 12.2. The average Bonchev–Trinajstić information content (AvgIpc) is 2.54. The molecule has 2 N–H and O–H groups in total. The Hall–Kier alpha value is -2.45. The Morgan fingerprint density at radius 2 is 1.88 bits per heavy atom. The van der Waals surface area contributed by atoms with E-state index in [9.17, 15) is 22.8 Å². The second-order valence-corrected chi connectivity index (χ2v) is 6.02. The molecule has 6 nitrogen and oxygen atoms in total. The Morgan fingerprint density at radius 3 is 2.38 bits per heavy atom. The zero-order valence-electron chi connectivity index (χ0n) is 14.7. The van der Waals surface area contributed by atoms with Gasteiger partial charge in [-0.1, -0.05) is 19.9 Å². The molecule has 26 heavy (non-hydrogen) atoms. The van der Waals surface area contributed by atoms with Crippen LogP contribution in [0.2, 0.25) is 0 Å². The number of alkyl halides is 3. The molecule has 0 aliphatic heterocycles. The number of aryl methyl sites for hydroxylation is 1. The van der Waals surface area contributed by atoms with Crippen LogP contribution in [0.3, 0.4) is 0 Å². The summed E-state index contributed by atoms with van der Waals surface area (Å²) in [7, 11) is 1.30. The molecule has 1 amide bonds. The molecule has 0 bridgehead atoms. The molecule has 1 unspecified atom stereocenters. The zero-order valence-corrected chi connectivity index (χ0v) is 14.7. The highest BCUT2D eigenvalue weighted by Crippen LogP contribution is 2.30. The molecule has 9 heteroatoms. The molecule has 0 aromatic heterocycles. The third kappa shape index (κ3) is 7.20. The fourth-order valence-corrected chi connectivity index (χ4v) is 2.16. The summed E-state index contributed by atoms with van der Waals surface area (Å²) in [6, 6.07) is 3.37. The fourth-order valence-electron chi connectivity index (χ4n) is 2.16. The number of hydrogen-bond acceptors (Lipinski definition) is 4. The molecule has 0 aliphatic carbocycles. The van der Waals surface area contributed by atoms with Gasteiger partial charge in [0.25, 0.3) is 0 Å². The number of nitrogens with one attached hydrogen (secondary N) is 1. The summed E-state index contributed by atoms with van der Waals surface area (Å²) in [5.41, 5.74) is 0.646. The Bertz CT molecular complexity index is 631. The van der Waals surface area contributed by atoms with Crippen molar-refractivity contribution in [2.45, 2.75) is 38.9 Å². The smallest absolute Gasteiger partial charge is 0.422 e. The van der Waals surface area contributed by atoms with Gasteiger partial charge in [-0.2, -0.15) is 13.2 Å². The maximum atomic E-state index is 12.2. The summed E-state index contributed by atoms with van der Waals surface area (Å²) >= 11 is 0. The normalized spacial score (nSPS) is 12.6.